The largest absolute Gasteiger partial charge is 0.465 e. The first-order chi connectivity index (χ1) is 13.4. The molecule has 0 bridgehead atoms. The van der Waals surface area contributed by atoms with E-state index in [1.54, 1.807) is 6.92 Å². The lowest BCUT2D eigenvalue weighted by Crippen LogP contribution is -2.56. The lowest BCUT2D eigenvalue weighted by molar-refractivity contribution is -0.153. The Morgan fingerprint density at radius 3 is 2.07 bits per heavy atom. The van der Waals surface area contributed by atoms with Gasteiger partial charge in [0.05, 0.1) is 0 Å². The van der Waals surface area contributed by atoms with Gasteiger partial charge in [-0.15, -0.1) is 0 Å². The molecule has 0 spiro atoms. The van der Waals surface area contributed by atoms with Crippen molar-refractivity contribution in [1.82, 2.24) is 9.91 Å². The van der Waals surface area contributed by atoms with E-state index < -0.39 is 43.8 Å². The number of carboxylic acid groups (broad SMARTS) is 1. The monoisotopic (exact) mass is 443 g/mol. The molecule has 3 atom stereocenters. The zero-order chi connectivity index (χ0) is 23.7. The molecule has 3 N–H and O–H groups in total. The average Bonchev–Trinajstić information content (AvgIpc) is 2.57. The van der Waals surface area contributed by atoms with E-state index in [-0.39, 0.29) is 11.1 Å². The van der Waals surface area contributed by atoms with Crippen LogP contribution in [0.3, 0.4) is 0 Å². The highest BCUT2D eigenvalue weighted by molar-refractivity contribution is 6.74. The Morgan fingerprint density at radius 1 is 1.10 bits per heavy atom. The second-order valence-electron chi connectivity index (χ2n) is 10.9. The topological polar surface area (TPSA) is 113 Å². The molecule has 0 heterocycles. The molecule has 0 saturated heterocycles. The standard InChI is InChI=1S/C21H41N3O5Si/c1-14(29-30(8,9)21(5,6)7)17(25)24(22)18(26)15-11-10-12-16(13-15)23(19(27)28)20(2,3)4/h14-16H,10-13,22H2,1-9H3,(H,27,28)/t14-,15?,16?/m1/s1. The number of nitrogens with two attached hydrogens (primary N) is 1. The van der Waals surface area contributed by atoms with E-state index in [0.717, 1.165) is 0 Å². The second-order valence-corrected chi connectivity index (χ2v) is 15.7. The highest BCUT2D eigenvalue weighted by atomic mass is 28.4. The quantitative estimate of drug-likeness (QED) is 0.288. The minimum atomic E-state index is -2.20. The molecule has 1 aliphatic rings. The third kappa shape index (κ3) is 6.27. The normalized spacial score (nSPS) is 21.7. The van der Waals surface area contributed by atoms with Gasteiger partial charge < -0.3 is 14.4 Å². The van der Waals surface area contributed by atoms with Crippen LogP contribution in [0.5, 0.6) is 0 Å². The number of carbonyl (C=O) groups excluding carboxylic acids is 2. The predicted octanol–water partition coefficient (Wildman–Crippen LogP) is 3.96. The highest BCUT2D eigenvalue weighted by Crippen LogP contribution is 2.37. The van der Waals surface area contributed by atoms with E-state index in [4.69, 9.17) is 10.3 Å². The molecule has 0 aromatic rings. The van der Waals surface area contributed by atoms with Crippen molar-refractivity contribution in [2.75, 3.05) is 0 Å². The van der Waals surface area contributed by atoms with E-state index in [2.05, 4.69) is 20.8 Å². The first-order valence-electron chi connectivity index (χ1n) is 10.7. The van der Waals surface area contributed by atoms with Gasteiger partial charge in [-0.3, -0.25) is 9.59 Å². The first-order valence-corrected chi connectivity index (χ1v) is 13.6. The summed E-state index contributed by atoms with van der Waals surface area (Å²) in [5.74, 6) is 4.42. The fraction of sp³-hybridized carbons (Fsp3) is 0.857. The summed E-state index contributed by atoms with van der Waals surface area (Å²) in [6.45, 7) is 17.5. The van der Waals surface area contributed by atoms with Gasteiger partial charge in [0.1, 0.15) is 6.10 Å². The van der Waals surface area contributed by atoms with Crippen LogP contribution in [0.25, 0.3) is 0 Å². The number of imide groups is 1. The van der Waals surface area contributed by atoms with E-state index >= 15 is 0 Å². The second kappa shape index (κ2) is 9.36. The van der Waals surface area contributed by atoms with Gasteiger partial charge in [-0.2, -0.15) is 0 Å². The Labute approximate surface area is 182 Å². The summed E-state index contributed by atoms with van der Waals surface area (Å²) in [6.07, 6.45) is 0.532. The van der Waals surface area contributed by atoms with E-state index in [1.165, 1.54) is 4.90 Å². The molecular weight excluding hydrogens is 402 g/mol. The Bertz CT molecular complexity index is 654. The van der Waals surface area contributed by atoms with Crippen LogP contribution in [-0.4, -0.2) is 58.9 Å². The molecule has 0 aromatic heterocycles. The first kappa shape index (κ1) is 26.6. The van der Waals surface area contributed by atoms with Crippen LogP contribution in [0.15, 0.2) is 0 Å². The SMILES string of the molecule is C[C@@H](O[Si](C)(C)C(C)(C)C)C(=O)N(N)C(=O)C1CCCC(N(C(=O)O)C(C)(C)C)C1. The Morgan fingerprint density at radius 2 is 1.63 bits per heavy atom. The van der Waals surface area contributed by atoms with Gasteiger partial charge in [0, 0.05) is 17.5 Å². The molecule has 174 valence electrons. The molecule has 9 heteroatoms. The van der Waals surface area contributed by atoms with Crippen molar-refractivity contribution in [3.8, 4) is 0 Å². The van der Waals surface area contributed by atoms with Gasteiger partial charge in [0.25, 0.3) is 5.91 Å². The number of hydrogen-bond donors (Lipinski definition) is 2. The summed E-state index contributed by atoms with van der Waals surface area (Å²) in [6, 6.07) is -0.283. The van der Waals surface area contributed by atoms with Gasteiger partial charge in [0.2, 0.25) is 5.91 Å². The molecule has 2 unspecified atom stereocenters. The fourth-order valence-electron chi connectivity index (χ4n) is 3.78. The van der Waals surface area contributed by atoms with Crippen LogP contribution < -0.4 is 5.84 Å². The minimum Gasteiger partial charge on any atom is -0.465 e. The van der Waals surface area contributed by atoms with E-state index in [0.29, 0.717) is 30.7 Å². The zero-order valence-corrected chi connectivity index (χ0v) is 21.1. The molecule has 0 aromatic carbocycles. The molecule has 1 saturated carbocycles. The fourth-order valence-corrected chi connectivity index (χ4v) is 5.12. The molecule has 0 radical (unpaired) electrons. The lowest BCUT2D eigenvalue weighted by Gasteiger charge is -2.43. The van der Waals surface area contributed by atoms with Crippen LogP contribution in [0.4, 0.5) is 4.79 Å². The van der Waals surface area contributed by atoms with Gasteiger partial charge in [-0.1, -0.05) is 27.2 Å². The highest BCUT2D eigenvalue weighted by Gasteiger charge is 2.42. The van der Waals surface area contributed by atoms with Gasteiger partial charge >= 0.3 is 6.09 Å². The summed E-state index contributed by atoms with van der Waals surface area (Å²) >= 11 is 0. The summed E-state index contributed by atoms with van der Waals surface area (Å²) in [4.78, 5) is 39.0. The number of hydrogen-bond acceptors (Lipinski definition) is 5. The maximum absolute atomic E-state index is 13.0. The zero-order valence-electron chi connectivity index (χ0n) is 20.1. The summed E-state index contributed by atoms with van der Waals surface area (Å²) < 4.78 is 6.09. The summed E-state index contributed by atoms with van der Waals surface area (Å²) in [5.41, 5.74) is -0.578. The van der Waals surface area contributed by atoms with Crippen LogP contribution in [-0.2, 0) is 14.0 Å². The average molecular weight is 444 g/mol. The molecule has 0 aliphatic heterocycles. The predicted molar refractivity (Wildman–Crippen MR) is 119 cm³/mol. The number of amides is 3. The van der Waals surface area contributed by atoms with Gasteiger partial charge in [-0.25, -0.2) is 15.6 Å². The number of hydrazine groups is 1. The molecule has 1 rings (SSSR count). The molecule has 3 amide bonds. The van der Waals surface area contributed by atoms with E-state index in [1.807, 2.05) is 33.9 Å². The lowest BCUT2D eigenvalue weighted by atomic mass is 9.83. The van der Waals surface area contributed by atoms with Crippen LogP contribution in [0.1, 0.15) is 74.1 Å². The van der Waals surface area contributed by atoms with Crippen molar-refractivity contribution in [1.29, 1.82) is 0 Å². The smallest absolute Gasteiger partial charge is 0.407 e. The van der Waals surface area contributed by atoms with Crippen molar-refractivity contribution in [3.63, 3.8) is 0 Å². The minimum absolute atomic E-state index is 0.0746. The van der Waals surface area contributed by atoms with Gasteiger partial charge in [0.15, 0.2) is 8.32 Å². The van der Waals surface area contributed by atoms with Crippen molar-refractivity contribution in [2.45, 2.75) is 110 Å². The third-order valence-electron chi connectivity index (χ3n) is 6.39. The van der Waals surface area contributed by atoms with E-state index in [9.17, 15) is 19.5 Å². The Hall–Kier alpha value is -1.45. The van der Waals surface area contributed by atoms with Crippen molar-refractivity contribution in [2.24, 2.45) is 11.8 Å². The van der Waals surface area contributed by atoms with Crippen LogP contribution in [0, 0.1) is 5.92 Å². The summed E-state index contributed by atoms with van der Waals surface area (Å²) in [7, 11) is -2.20. The summed E-state index contributed by atoms with van der Waals surface area (Å²) in [5, 5.41) is 10.3. The maximum Gasteiger partial charge on any atom is 0.407 e. The molecular formula is C21H41N3O5Si. The van der Waals surface area contributed by atoms with Crippen LogP contribution >= 0.6 is 0 Å². The van der Waals surface area contributed by atoms with Crippen molar-refractivity contribution in [3.05, 3.63) is 0 Å². The Balaban J connectivity index is 2.89. The molecule has 30 heavy (non-hydrogen) atoms. The number of carbonyl (C=O) groups is 3. The van der Waals surface area contributed by atoms with Crippen molar-refractivity contribution < 1.29 is 23.9 Å². The number of nitrogens with zero attached hydrogens (tertiary/aromatic N) is 2. The third-order valence-corrected chi connectivity index (χ3v) is 10.9. The molecule has 1 aliphatic carbocycles. The Kier molecular flexibility index (Phi) is 8.29. The van der Waals surface area contributed by atoms with Gasteiger partial charge in [-0.05, 0) is 65.1 Å². The number of rotatable bonds is 5. The maximum atomic E-state index is 13.0. The van der Waals surface area contributed by atoms with Crippen molar-refractivity contribution >= 4 is 26.2 Å². The molecule has 8 nitrogen and oxygen atoms in total. The molecule has 1 fully saturated rings. The van der Waals surface area contributed by atoms with Crippen LogP contribution in [0.2, 0.25) is 18.1 Å².